The number of urea groups is 1. The molecular weight excluding hydrogens is 196 g/mol. The van der Waals surface area contributed by atoms with Crippen LogP contribution in [-0.4, -0.2) is 26.3 Å². The van der Waals surface area contributed by atoms with Gasteiger partial charge in [-0.05, 0) is 12.1 Å². The zero-order chi connectivity index (χ0) is 11.1. The Kier molecular flexibility index (Phi) is 4.30. The van der Waals surface area contributed by atoms with Crippen molar-refractivity contribution >= 4 is 18.1 Å². The van der Waals surface area contributed by atoms with Crippen molar-refractivity contribution in [3.05, 3.63) is 30.3 Å². The zero-order valence-electron chi connectivity index (χ0n) is 8.27. The summed E-state index contributed by atoms with van der Waals surface area (Å²) in [7, 11) is 1.44. The number of hydrogen-bond donors (Lipinski definition) is 1. The van der Waals surface area contributed by atoms with Gasteiger partial charge in [-0.25, -0.2) is 9.69 Å². The molecule has 0 heterocycles. The first-order chi connectivity index (χ1) is 7.29. The Labute approximate surface area is 87.6 Å². The maximum absolute atomic E-state index is 11.4. The van der Waals surface area contributed by atoms with E-state index in [4.69, 9.17) is 0 Å². The van der Waals surface area contributed by atoms with Crippen molar-refractivity contribution in [2.45, 2.75) is 0 Å². The molecule has 0 aromatic heterocycles. The number of carbonyl (C=O) groups excluding carboxylic acids is 2. The van der Waals surface area contributed by atoms with E-state index in [0.29, 0.717) is 5.69 Å². The molecular formula is C10H11N2O3. The minimum Gasteiger partial charge on any atom is -0.364 e. The summed E-state index contributed by atoms with van der Waals surface area (Å²) in [5.41, 5.74) is 0.459. The summed E-state index contributed by atoms with van der Waals surface area (Å²) in [5, 5.41) is 2.38. The standard InChI is InChI=1S/C10H11N2O3/c1-15-7-11-10(14)12(8-13)9-5-3-2-4-6-9/h2-6H,7H2,1H3,(H,11,14). The minimum absolute atomic E-state index is 0.0455. The lowest BCUT2D eigenvalue weighted by atomic mass is 10.3. The van der Waals surface area contributed by atoms with Crippen molar-refractivity contribution in [1.82, 2.24) is 5.32 Å². The molecule has 5 heteroatoms. The number of ether oxygens (including phenoxy) is 1. The first kappa shape index (κ1) is 11.2. The van der Waals surface area contributed by atoms with Crippen LogP contribution >= 0.6 is 0 Å². The van der Waals surface area contributed by atoms with Crippen LogP contribution in [0.15, 0.2) is 30.3 Å². The SMILES string of the molecule is COCNC(=O)N([C]=O)c1ccccc1. The van der Waals surface area contributed by atoms with Gasteiger partial charge in [0, 0.05) is 7.11 Å². The van der Waals surface area contributed by atoms with E-state index < -0.39 is 6.03 Å². The van der Waals surface area contributed by atoms with Gasteiger partial charge in [0.15, 0.2) is 0 Å². The Balaban J connectivity index is 2.72. The van der Waals surface area contributed by atoms with Gasteiger partial charge in [-0.15, -0.1) is 0 Å². The third kappa shape index (κ3) is 3.07. The number of anilines is 1. The molecule has 5 nitrogen and oxygen atoms in total. The molecule has 3 amide bonds. The molecule has 0 saturated carbocycles. The number of methoxy groups -OCH3 is 1. The van der Waals surface area contributed by atoms with Gasteiger partial charge < -0.3 is 10.1 Å². The molecule has 0 unspecified atom stereocenters. The molecule has 0 spiro atoms. The number of imide groups is 1. The van der Waals surface area contributed by atoms with E-state index in [-0.39, 0.29) is 6.73 Å². The fourth-order valence-corrected chi connectivity index (χ4v) is 1.00. The van der Waals surface area contributed by atoms with Crippen LogP contribution in [0.2, 0.25) is 0 Å². The van der Waals surface area contributed by atoms with Crippen LogP contribution in [0.1, 0.15) is 0 Å². The Bertz CT molecular complexity index is 327. The molecule has 15 heavy (non-hydrogen) atoms. The highest BCUT2D eigenvalue weighted by Gasteiger charge is 2.14. The fourth-order valence-electron chi connectivity index (χ4n) is 1.00. The second-order valence-corrected chi connectivity index (χ2v) is 2.68. The second-order valence-electron chi connectivity index (χ2n) is 2.68. The highest BCUT2D eigenvalue weighted by molar-refractivity contribution is 6.06. The van der Waals surface area contributed by atoms with Gasteiger partial charge in [0.25, 0.3) is 0 Å². The maximum Gasteiger partial charge on any atom is 0.330 e. The van der Waals surface area contributed by atoms with Gasteiger partial charge in [0.1, 0.15) is 6.73 Å². The summed E-state index contributed by atoms with van der Waals surface area (Å²) in [6, 6.07) is 7.94. The lowest BCUT2D eigenvalue weighted by molar-refractivity contribution is 0.175. The average Bonchev–Trinajstić information content (AvgIpc) is 2.29. The zero-order valence-corrected chi connectivity index (χ0v) is 8.27. The molecule has 0 bridgehead atoms. The summed E-state index contributed by atoms with van der Waals surface area (Å²) in [6.07, 6.45) is 1.54. The van der Waals surface area contributed by atoms with Gasteiger partial charge in [0.2, 0.25) is 0 Å². The van der Waals surface area contributed by atoms with E-state index in [1.807, 2.05) is 0 Å². The molecule has 1 aromatic carbocycles. The van der Waals surface area contributed by atoms with Crippen LogP contribution in [0, 0.1) is 0 Å². The summed E-state index contributed by atoms with van der Waals surface area (Å²) in [6.45, 7) is 0.0455. The Morgan fingerprint density at radius 2 is 2.13 bits per heavy atom. The monoisotopic (exact) mass is 207 g/mol. The van der Waals surface area contributed by atoms with E-state index in [2.05, 4.69) is 10.1 Å². The van der Waals surface area contributed by atoms with E-state index in [0.717, 1.165) is 4.90 Å². The van der Waals surface area contributed by atoms with Crippen LogP contribution in [-0.2, 0) is 9.53 Å². The molecule has 0 atom stereocenters. The highest BCUT2D eigenvalue weighted by Crippen LogP contribution is 2.10. The van der Waals surface area contributed by atoms with Crippen molar-refractivity contribution < 1.29 is 14.3 Å². The molecule has 1 N–H and O–H groups in total. The van der Waals surface area contributed by atoms with Crippen molar-refractivity contribution in [3.8, 4) is 0 Å². The van der Waals surface area contributed by atoms with Crippen molar-refractivity contribution in [2.24, 2.45) is 0 Å². The van der Waals surface area contributed by atoms with Crippen LogP contribution < -0.4 is 10.2 Å². The maximum atomic E-state index is 11.4. The van der Waals surface area contributed by atoms with Gasteiger partial charge in [-0.2, -0.15) is 0 Å². The minimum atomic E-state index is -0.571. The number of hydrogen-bond acceptors (Lipinski definition) is 3. The lowest BCUT2D eigenvalue weighted by Crippen LogP contribution is -2.39. The predicted octanol–water partition coefficient (Wildman–Crippen LogP) is 0.874. The molecule has 1 rings (SSSR count). The van der Waals surface area contributed by atoms with Gasteiger partial charge in [-0.1, -0.05) is 18.2 Å². The average molecular weight is 207 g/mol. The largest absolute Gasteiger partial charge is 0.364 e. The third-order valence-electron chi connectivity index (χ3n) is 1.68. The number of benzene rings is 1. The highest BCUT2D eigenvalue weighted by atomic mass is 16.5. The number of para-hydroxylation sites is 1. The quantitative estimate of drug-likeness (QED) is 0.588. The van der Waals surface area contributed by atoms with E-state index in [1.165, 1.54) is 7.11 Å². The molecule has 0 saturated heterocycles. The predicted molar refractivity (Wildman–Crippen MR) is 55.0 cm³/mol. The topological polar surface area (TPSA) is 58.6 Å². The number of amides is 3. The summed E-state index contributed by atoms with van der Waals surface area (Å²) < 4.78 is 4.65. The molecule has 79 valence electrons. The number of nitrogens with one attached hydrogen (secondary N) is 1. The normalized spacial score (nSPS) is 9.40. The summed E-state index contributed by atoms with van der Waals surface area (Å²) in [5.74, 6) is 0. The lowest BCUT2D eigenvalue weighted by Gasteiger charge is -2.14. The third-order valence-corrected chi connectivity index (χ3v) is 1.68. The molecule has 0 aliphatic rings. The van der Waals surface area contributed by atoms with Crippen molar-refractivity contribution in [1.29, 1.82) is 0 Å². The smallest absolute Gasteiger partial charge is 0.330 e. The van der Waals surface area contributed by atoms with Gasteiger partial charge in [0.05, 0.1) is 5.69 Å². The summed E-state index contributed by atoms with van der Waals surface area (Å²) >= 11 is 0. The van der Waals surface area contributed by atoms with Crippen LogP contribution in [0.25, 0.3) is 0 Å². The second kappa shape index (κ2) is 5.77. The van der Waals surface area contributed by atoms with Crippen LogP contribution in [0.4, 0.5) is 10.5 Å². The number of rotatable bonds is 4. The molecule has 0 aliphatic heterocycles. The van der Waals surface area contributed by atoms with Gasteiger partial charge >= 0.3 is 12.4 Å². The van der Waals surface area contributed by atoms with Gasteiger partial charge in [-0.3, -0.25) is 4.79 Å². The molecule has 1 aromatic rings. The Morgan fingerprint density at radius 1 is 1.47 bits per heavy atom. The molecule has 1 radical (unpaired) electrons. The Morgan fingerprint density at radius 3 is 2.67 bits per heavy atom. The fraction of sp³-hybridized carbons (Fsp3) is 0.200. The number of nitrogens with zero attached hydrogens (tertiary/aromatic N) is 1. The first-order valence-electron chi connectivity index (χ1n) is 4.29. The first-order valence-corrected chi connectivity index (χ1v) is 4.29. The summed E-state index contributed by atoms with van der Waals surface area (Å²) in [4.78, 5) is 22.9. The van der Waals surface area contributed by atoms with Crippen molar-refractivity contribution in [3.63, 3.8) is 0 Å². The Hall–Kier alpha value is -1.88. The molecule has 0 fully saturated rings. The van der Waals surface area contributed by atoms with E-state index in [9.17, 15) is 9.59 Å². The molecule has 0 aliphatic carbocycles. The van der Waals surface area contributed by atoms with Crippen molar-refractivity contribution in [2.75, 3.05) is 18.7 Å². The van der Waals surface area contributed by atoms with Crippen LogP contribution in [0.5, 0.6) is 0 Å². The van der Waals surface area contributed by atoms with E-state index in [1.54, 1.807) is 36.7 Å². The number of carbonyl (C=O) groups is 1. The van der Waals surface area contributed by atoms with Crippen LogP contribution in [0.3, 0.4) is 0 Å². The van der Waals surface area contributed by atoms with E-state index >= 15 is 0 Å².